The van der Waals surface area contributed by atoms with E-state index in [2.05, 4.69) is 32.9 Å². The Morgan fingerprint density at radius 1 is 1.06 bits per heavy atom. The van der Waals surface area contributed by atoms with Crippen LogP contribution in [-0.4, -0.2) is 47.8 Å². The van der Waals surface area contributed by atoms with E-state index in [9.17, 15) is 9.90 Å². The highest BCUT2D eigenvalue weighted by molar-refractivity contribution is 6.03. The summed E-state index contributed by atoms with van der Waals surface area (Å²) in [6.07, 6.45) is 2.03. The zero-order valence-electron chi connectivity index (χ0n) is 19.5. The smallest absolute Gasteiger partial charge is 0.337 e. The van der Waals surface area contributed by atoms with Gasteiger partial charge in [0.1, 0.15) is 0 Å². The minimum Gasteiger partial charge on any atom is -0.478 e. The highest BCUT2D eigenvalue weighted by atomic mass is 16.4. The van der Waals surface area contributed by atoms with Gasteiger partial charge in [-0.05, 0) is 58.7 Å². The molecule has 0 aliphatic heterocycles. The molecule has 0 spiro atoms. The zero-order chi connectivity index (χ0) is 24.4. The summed E-state index contributed by atoms with van der Waals surface area (Å²) in [6, 6.07) is 19.3. The number of aromatic amines is 1. The Kier molecular flexibility index (Phi) is 5.97. The van der Waals surface area contributed by atoms with Gasteiger partial charge in [-0.3, -0.25) is 4.57 Å². The van der Waals surface area contributed by atoms with Crippen LogP contribution < -0.4 is 5.32 Å². The summed E-state index contributed by atoms with van der Waals surface area (Å²) in [4.78, 5) is 16.9. The summed E-state index contributed by atoms with van der Waals surface area (Å²) in [5.74, 6) is 0.239. The lowest BCUT2D eigenvalue weighted by atomic mass is 9.99. The van der Waals surface area contributed by atoms with Crippen LogP contribution in [0.25, 0.3) is 39.2 Å². The number of nitrogens with zero attached hydrogens (tertiary/aromatic N) is 5. The van der Waals surface area contributed by atoms with E-state index >= 15 is 0 Å². The molecule has 9 heteroatoms. The second kappa shape index (κ2) is 9.38. The second-order valence-electron chi connectivity index (χ2n) is 8.33. The third kappa shape index (κ3) is 4.12. The topological polar surface area (TPSA) is 122 Å². The number of unbranched alkanes of at least 4 members (excludes halogenated alkanes) is 1. The number of aromatic carboxylic acids is 1. The van der Waals surface area contributed by atoms with Gasteiger partial charge in [0.25, 0.3) is 0 Å². The molecule has 0 bridgehead atoms. The van der Waals surface area contributed by atoms with Crippen molar-refractivity contribution >= 4 is 23.0 Å². The largest absolute Gasteiger partial charge is 0.478 e. The van der Waals surface area contributed by atoms with Gasteiger partial charge >= 0.3 is 5.97 Å². The number of anilines is 1. The van der Waals surface area contributed by atoms with Crippen LogP contribution in [0.3, 0.4) is 0 Å². The van der Waals surface area contributed by atoms with E-state index in [0.29, 0.717) is 22.8 Å². The number of carboxylic acids is 1. The maximum atomic E-state index is 12.1. The van der Waals surface area contributed by atoms with E-state index in [1.54, 1.807) is 12.1 Å². The Morgan fingerprint density at radius 2 is 1.83 bits per heavy atom. The quantitative estimate of drug-likeness (QED) is 0.272. The van der Waals surface area contributed by atoms with Crippen molar-refractivity contribution in [1.29, 1.82) is 0 Å². The van der Waals surface area contributed by atoms with Crippen LogP contribution in [0.5, 0.6) is 0 Å². The molecule has 0 aliphatic rings. The summed E-state index contributed by atoms with van der Waals surface area (Å²) >= 11 is 0. The summed E-state index contributed by atoms with van der Waals surface area (Å²) in [5, 5.41) is 27.6. The number of hydrogen-bond donors (Lipinski definition) is 3. The monoisotopic (exact) mass is 467 g/mol. The van der Waals surface area contributed by atoms with Crippen LogP contribution in [0.4, 0.5) is 5.95 Å². The number of imidazole rings is 1. The van der Waals surface area contributed by atoms with Crippen LogP contribution in [0.2, 0.25) is 0 Å². The van der Waals surface area contributed by atoms with Gasteiger partial charge in [0.05, 0.1) is 16.6 Å². The Hall–Kier alpha value is -4.53. The highest BCUT2D eigenvalue weighted by Crippen LogP contribution is 2.33. The van der Waals surface area contributed by atoms with E-state index in [1.807, 2.05) is 60.0 Å². The van der Waals surface area contributed by atoms with Crippen LogP contribution in [0, 0.1) is 6.92 Å². The van der Waals surface area contributed by atoms with Gasteiger partial charge in [0.15, 0.2) is 5.82 Å². The van der Waals surface area contributed by atoms with E-state index in [0.717, 1.165) is 47.3 Å². The first kappa shape index (κ1) is 22.3. The Balaban J connectivity index is 1.64. The average Bonchev–Trinajstić information content (AvgIpc) is 3.54. The molecule has 0 saturated carbocycles. The third-order valence-corrected chi connectivity index (χ3v) is 6.01. The van der Waals surface area contributed by atoms with Gasteiger partial charge in [-0.15, -0.1) is 5.10 Å². The molecular formula is C26H25N7O2. The molecule has 0 unspecified atom stereocenters. The molecule has 176 valence electrons. The van der Waals surface area contributed by atoms with Crippen molar-refractivity contribution < 1.29 is 9.90 Å². The van der Waals surface area contributed by atoms with Crippen molar-refractivity contribution in [1.82, 2.24) is 30.2 Å². The van der Waals surface area contributed by atoms with Gasteiger partial charge < -0.3 is 10.4 Å². The standard InChI is InChI=1S/C26H25N7O2/c1-3-4-15-27-26-28-22-16(2)9-14-21(25(34)35)23(22)33(26)18-12-10-17(11-13-18)19-7-5-6-8-20(19)24-29-31-32-30-24/h5-14H,3-4,15H2,1-2H3,(H,27,28)(H,34,35)(H,29,30,31,32). The summed E-state index contributed by atoms with van der Waals surface area (Å²) < 4.78 is 1.90. The van der Waals surface area contributed by atoms with Gasteiger partial charge in [-0.25, -0.2) is 14.9 Å². The third-order valence-electron chi connectivity index (χ3n) is 6.01. The molecule has 5 aromatic rings. The number of aryl methyl sites for hydroxylation is 1. The van der Waals surface area contributed by atoms with Crippen molar-refractivity contribution in [2.24, 2.45) is 0 Å². The minimum atomic E-state index is -0.984. The van der Waals surface area contributed by atoms with Gasteiger partial charge in [0.2, 0.25) is 5.95 Å². The van der Waals surface area contributed by atoms with Crippen molar-refractivity contribution in [2.75, 3.05) is 11.9 Å². The number of benzene rings is 3. The number of carboxylic acid groups (broad SMARTS) is 1. The molecule has 2 heterocycles. The van der Waals surface area contributed by atoms with Crippen molar-refractivity contribution in [3.63, 3.8) is 0 Å². The molecule has 0 fully saturated rings. The summed E-state index contributed by atoms with van der Waals surface area (Å²) in [6.45, 7) is 4.82. The number of rotatable bonds is 8. The van der Waals surface area contributed by atoms with Crippen molar-refractivity contribution in [3.05, 3.63) is 71.8 Å². The molecule has 3 aromatic carbocycles. The zero-order valence-corrected chi connectivity index (χ0v) is 19.5. The van der Waals surface area contributed by atoms with E-state index in [1.165, 1.54) is 0 Å². The molecule has 35 heavy (non-hydrogen) atoms. The van der Waals surface area contributed by atoms with Crippen molar-refractivity contribution in [2.45, 2.75) is 26.7 Å². The Labute approximate surface area is 201 Å². The SMILES string of the molecule is CCCCNc1nc2c(C)ccc(C(=O)O)c2n1-c1ccc(-c2ccccc2-c2nnn[nH]2)cc1. The number of aromatic nitrogens is 6. The first-order valence-electron chi connectivity index (χ1n) is 11.5. The fraction of sp³-hybridized carbons (Fsp3) is 0.192. The average molecular weight is 468 g/mol. The highest BCUT2D eigenvalue weighted by Gasteiger charge is 2.21. The molecule has 9 nitrogen and oxygen atoms in total. The van der Waals surface area contributed by atoms with Gasteiger partial charge in [0, 0.05) is 17.8 Å². The fourth-order valence-electron chi connectivity index (χ4n) is 4.23. The maximum absolute atomic E-state index is 12.1. The molecular weight excluding hydrogens is 442 g/mol. The Bertz CT molecular complexity index is 1490. The minimum absolute atomic E-state index is 0.217. The number of carbonyl (C=O) groups is 1. The molecule has 0 aliphatic carbocycles. The number of H-pyrrole nitrogens is 1. The lowest BCUT2D eigenvalue weighted by Crippen LogP contribution is -2.09. The first-order valence-corrected chi connectivity index (χ1v) is 11.5. The predicted molar refractivity (Wildman–Crippen MR) is 135 cm³/mol. The number of hydrogen-bond acceptors (Lipinski definition) is 6. The first-order chi connectivity index (χ1) is 17.1. The molecule has 0 saturated heterocycles. The van der Waals surface area contributed by atoms with Gasteiger partial charge in [-0.2, -0.15) is 0 Å². The summed E-state index contributed by atoms with van der Waals surface area (Å²) in [5.41, 5.74) is 6.08. The number of fused-ring (bicyclic) bond motifs is 1. The van der Waals surface area contributed by atoms with Gasteiger partial charge in [-0.1, -0.05) is 55.8 Å². The maximum Gasteiger partial charge on any atom is 0.337 e. The summed E-state index contributed by atoms with van der Waals surface area (Å²) in [7, 11) is 0. The molecule has 0 atom stereocenters. The van der Waals surface area contributed by atoms with Crippen LogP contribution in [0.15, 0.2) is 60.7 Å². The molecule has 0 radical (unpaired) electrons. The Morgan fingerprint density at radius 3 is 2.51 bits per heavy atom. The second-order valence-corrected chi connectivity index (χ2v) is 8.33. The van der Waals surface area contributed by atoms with E-state index < -0.39 is 5.97 Å². The molecule has 0 amide bonds. The van der Waals surface area contributed by atoms with E-state index in [4.69, 9.17) is 4.98 Å². The molecule has 2 aromatic heterocycles. The van der Waals surface area contributed by atoms with Crippen LogP contribution in [-0.2, 0) is 0 Å². The van der Waals surface area contributed by atoms with Crippen LogP contribution >= 0.6 is 0 Å². The number of nitrogens with one attached hydrogen (secondary N) is 2. The molecule has 3 N–H and O–H groups in total. The van der Waals surface area contributed by atoms with Crippen molar-refractivity contribution in [3.8, 4) is 28.2 Å². The van der Waals surface area contributed by atoms with Crippen LogP contribution in [0.1, 0.15) is 35.7 Å². The lowest BCUT2D eigenvalue weighted by Gasteiger charge is -2.13. The van der Waals surface area contributed by atoms with E-state index in [-0.39, 0.29) is 5.56 Å². The molecule has 5 rings (SSSR count). The number of tetrazole rings is 1. The predicted octanol–water partition coefficient (Wildman–Crippen LogP) is 5.09. The lowest BCUT2D eigenvalue weighted by molar-refractivity contribution is 0.0698. The fourth-order valence-corrected chi connectivity index (χ4v) is 4.23. The normalized spacial score (nSPS) is 11.1.